The molecule has 1 aliphatic heterocycles. The highest BCUT2D eigenvalue weighted by molar-refractivity contribution is 5.91. The van der Waals surface area contributed by atoms with Crippen LogP contribution >= 0.6 is 0 Å². The minimum Gasteiger partial charge on any atom is -0.454 e. The van der Waals surface area contributed by atoms with E-state index in [-0.39, 0.29) is 23.8 Å². The number of aromatic nitrogens is 3. The Morgan fingerprint density at radius 3 is 2.75 bits per heavy atom. The number of pyridine rings is 1. The Bertz CT molecular complexity index is 1310. The molecule has 0 aromatic carbocycles. The first-order valence-electron chi connectivity index (χ1n) is 10.8. The van der Waals surface area contributed by atoms with Gasteiger partial charge in [-0.25, -0.2) is 4.98 Å². The molecule has 0 radical (unpaired) electrons. The van der Waals surface area contributed by atoms with Crippen molar-refractivity contribution in [1.82, 2.24) is 29.1 Å². The fourth-order valence-corrected chi connectivity index (χ4v) is 4.16. The minimum absolute atomic E-state index is 0.157. The van der Waals surface area contributed by atoms with E-state index in [4.69, 9.17) is 4.42 Å². The number of carbonyl (C=O) groups is 1. The lowest BCUT2D eigenvalue weighted by Gasteiger charge is -2.32. The summed E-state index contributed by atoms with van der Waals surface area (Å²) < 4.78 is 9.19. The van der Waals surface area contributed by atoms with E-state index in [1.54, 1.807) is 29.0 Å². The Morgan fingerprint density at radius 2 is 1.91 bits per heavy atom. The van der Waals surface area contributed by atoms with Crippen LogP contribution in [0.2, 0.25) is 0 Å². The largest absolute Gasteiger partial charge is 0.454 e. The van der Waals surface area contributed by atoms with E-state index in [0.29, 0.717) is 23.5 Å². The highest BCUT2D eigenvalue weighted by atomic mass is 16.4. The molecule has 5 heterocycles. The van der Waals surface area contributed by atoms with E-state index in [0.717, 1.165) is 38.2 Å². The molecule has 9 heteroatoms. The van der Waals surface area contributed by atoms with Crippen LogP contribution in [0.3, 0.4) is 0 Å². The molecular formula is C23H26N6O3. The van der Waals surface area contributed by atoms with Gasteiger partial charge in [0.1, 0.15) is 11.3 Å². The monoisotopic (exact) mass is 434 g/mol. The first-order chi connectivity index (χ1) is 15.6. The summed E-state index contributed by atoms with van der Waals surface area (Å²) in [4.78, 5) is 34.6. The van der Waals surface area contributed by atoms with Crippen molar-refractivity contribution < 1.29 is 9.21 Å². The zero-order chi connectivity index (χ0) is 22.1. The normalized spacial score (nSPS) is 15.5. The van der Waals surface area contributed by atoms with Crippen LogP contribution in [0.15, 0.2) is 58.0 Å². The highest BCUT2D eigenvalue weighted by Crippen LogP contribution is 2.16. The van der Waals surface area contributed by atoms with Gasteiger partial charge in [-0.05, 0) is 43.4 Å². The molecule has 9 nitrogen and oxygen atoms in total. The predicted octanol–water partition coefficient (Wildman–Crippen LogP) is 1.27. The van der Waals surface area contributed by atoms with Crippen LogP contribution in [0.25, 0.3) is 16.7 Å². The van der Waals surface area contributed by atoms with Gasteiger partial charge in [0.25, 0.3) is 11.5 Å². The lowest BCUT2D eigenvalue weighted by Crippen LogP contribution is -2.46. The first-order valence-corrected chi connectivity index (χ1v) is 10.8. The van der Waals surface area contributed by atoms with E-state index in [9.17, 15) is 9.59 Å². The number of rotatable bonds is 6. The summed E-state index contributed by atoms with van der Waals surface area (Å²) >= 11 is 0. The van der Waals surface area contributed by atoms with E-state index in [1.165, 1.54) is 0 Å². The van der Waals surface area contributed by atoms with Gasteiger partial charge in [-0.2, -0.15) is 0 Å². The van der Waals surface area contributed by atoms with Gasteiger partial charge in [-0.1, -0.05) is 0 Å². The van der Waals surface area contributed by atoms with Crippen LogP contribution in [0.1, 0.15) is 16.3 Å². The summed E-state index contributed by atoms with van der Waals surface area (Å²) in [6.07, 6.45) is 3.51. The van der Waals surface area contributed by atoms with Crippen molar-refractivity contribution in [1.29, 1.82) is 0 Å². The van der Waals surface area contributed by atoms with Crippen LogP contribution in [-0.2, 0) is 6.54 Å². The number of amides is 1. The molecule has 0 spiro atoms. The third kappa shape index (κ3) is 3.92. The van der Waals surface area contributed by atoms with Gasteiger partial charge in [0, 0.05) is 51.7 Å². The number of hydrogen-bond donors (Lipinski definition) is 1. The van der Waals surface area contributed by atoms with Crippen molar-refractivity contribution in [3.63, 3.8) is 0 Å². The van der Waals surface area contributed by atoms with Crippen molar-refractivity contribution in [2.45, 2.75) is 6.54 Å². The molecule has 1 fully saturated rings. The van der Waals surface area contributed by atoms with Gasteiger partial charge >= 0.3 is 0 Å². The van der Waals surface area contributed by atoms with Crippen LogP contribution < -0.4 is 10.9 Å². The fourth-order valence-electron chi connectivity index (χ4n) is 4.16. The molecule has 32 heavy (non-hydrogen) atoms. The summed E-state index contributed by atoms with van der Waals surface area (Å²) in [5.41, 5.74) is 1.81. The van der Waals surface area contributed by atoms with Crippen molar-refractivity contribution in [2.24, 2.45) is 0 Å². The summed E-state index contributed by atoms with van der Waals surface area (Å²) in [5, 5.41) is 2.92. The van der Waals surface area contributed by atoms with Gasteiger partial charge < -0.3 is 19.0 Å². The predicted molar refractivity (Wildman–Crippen MR) is 121 cm³/mol. The Hall–Kier alpha value is -3.43. The molecule has 4 aromatic rings. The Kier molecular flexibility index (Phi) is 5.50. The molecule has 1 amide bonds. The van der Waals surface area contributed by atoms with Crippen molar-refractivity contribution in [3.05, 3.63) is 70.7 Å². The van der Waals surface area contributed by atoms with Crippen molar-refractivity contribution in [3.8, 4) is 0 Å². The number of nitrogens with zero attached hydrogens (tertiary/aromatic N) is 5. The molecule has 4 aromatic heterocycles. The summed E-state index contributed by atoms with van der Waals surface area (Å²) in [6.45, 7) is 5.71. The zero-order valence-corrected chi connectivity index (χ0v) is 18.0. The molecule has 166 valence electrons. The van der Waals surface area contributed by atoms with Crippen LogP contribution in [-0.4, -0.2) is 76.0 Å². The Morgan fingerprint density at radius 1 is 1.09 bits per heavy atom. The fraction of sp³-hybridized carbons (Fsp3) is 0.348. The second kappa shape index (κ2) is 8.60. The lowest BCUT2D eigenvalue weighted by molar-refractivity contribution is 0.0911. The summed E-state index contributed by atoms with van der Waals surface area (Å²) in [6, 6.07) is 10.8. The van der Waals surface area contributed by atoms with E-state index >= 15 is 0 Å². The van der Waals surface area contributed by atoms with Gasteiger partial charge in [-0.15, -0.1) is 0 Å². The summed E-state index contributed by atoms with van der Waals surface area (Å²) in [7, 11) is 2.12. The molecule has 0 atom stereocenters. The maximum absolute atomic E-state index is 13.0. The van der Waals surface area contributed by atoms with Gasteiger partial charge in [0.15, 0.2) is 11.4 Å². The van der Waals surface area contributed by atoms with E-state index < -0.39 is 0 Å². The molecule has 0 aliphatic carbocycles. The molecular weight excluding hydrogens is 408 g/mol. The van der Waals surface area contributed by atoms with Crippen molar-refractivity contribution in [2.75, 3.05) is 46.3 Å². The van der Waals surface area contributed by atoms with Gasteiger partial charge in [-0.3, -0.25) is 19.1 Å². The molecule has 0 unspecified atom stereocenters. The Balaban J connectivity index is 1.29. The summed E-state index contributed by atoms with van der Waals surface area (Å²) in [5.74, 6) is 0.523. The standard InChI is InChI=1S/C23H26N6O3/c1-26-12-14-27(15-13-26)11-9-25-22(30)20-7-6-17(32-20)16-29-21-18(4-2-8-24-21)28-10-3-5-19(28)23(29)31/h2-8,10H,9,11-16H2,1H3,(H,25,30). The SMILES string of the molecule is CN1CCN(CCNC(=O)c2ccc(Cn3c(=O)c4cccn4c4cccnc43)o2)CC1. The second-order valence-corrected chi connectivity index (χ2v) is 8.17. The minimum atomic E-state index is -0.247. The highest BCUT2D eigenvalue weighted by Gasteiger charge is 2.17. The smallest absolute Gasteiger partial charge is 0.287 e. The molecule has 0 saturated carbocycles. The molecule has 5 rings (SSSR count). The third-order valence-electron chi connectivity index (χ3n) is 6.00. The van der Waals surface area contributed by atoms with Gasteiger partial charge in [0.05, 0.1) is 12.1 Å². The van der Waals surface area contributed by atoms with Crippen LogP contribution in [0, 0.1) is 0 Å². The number of carbonyl (C=O) groups excluding carboxylic acids is 1. The average Bonchev–Trinajstić information content (AvgIpc) is 3.48. The zero-order valence-electron chi connectivity index (χ0n) is 18.0. The molecule has 1 N–H and O–H groups in total. The van der Waals surface area contributed by atoms with E-state index in [2.05, 4.69) is 27.1 Å². The van der Waals surface area contributed by atoms with Crippen molar-refractivity contribution >= 4 is 22.6 Å². The third-order valence-corrected chi connectivity index (χ3v) is 6.00. The first kappa shape index (κ1) is 20.5. The van der Waals surface area contributed by atoms with Crippen LogP contribution in [0.5, 0.6) is 0 Å². The molecule has 1 saturated heterocycles. The Labute approximate surface area is 184 Å². The van der Waals surface area contributed by atoms with E-state index in [1.807, 2.05) is 28.8 Å². The second-order valence-electron chi connectivity index (χ2n) is 8.17. The number of piperazine rings is 1. The maximum atomic E-state index is 13.0. The average molecular weight is 435 g/mol. The molecule has 0 bridgehead atoms. The number of fused-ring (bicyclic) bond motifs is 3. The van der Waals surface area contributed by atoms with Gasteiger partial charge in [0.2, 0.25) is 0 Å². The maximum Gasteiger partial charge on any atom is 0.287 e. The number of furan rings is 1. The lowest BCUT2D eigenvalue weighted by atomic mass is 10.3. The topological polar surface area (TPSA) is 88.0 Å². The number of likely N-dealkylation sites (N-methyl/N-ethyl adjacent to an activating group) is 1. The quantitative estimate of drug-likeness (QED) is 0.492. The molecule has 1 aliphatic rings. The van der Waals surface area contributed by atoms with Crippen LogP contribution in [0.4, 0.5) is 0 Å². The number of nitrogens with one attached hydrogen (secondary N) is 1. The number of hydrogen-bond acceptors (Lipinski definition) is 6.